The summed E-state index contributed by atoms with van der Waals surface area (Å²) in [6.45, 7) is 3.02. The summed E-state index contributed by atoms with van der Waals surface area (Å²) < 4.78 is 5.77. The van der Waals surface area contributed by atoms with E-state index in [0.717, 1.165) is 0 Å². The second-order valence-electron chi connectivity index (χ2n) is 5.75. The smallest absolute Gasteiger partial charge is 0.319 e. The normalized spacial score (nSPS) is 16.9. The number of hydrogen-bond donors (Lipinski definition) is 2. The van der Waals surface area contributed by atoms with Crippen molar-refractivity contribution >= 4 is 29.1 Å². The van der Waals surface area contributed by atoms with Gasteiger partial charge in [0.05, 0.1) is 9.95 Å². The second kappa shape index (κ2) is 6.64. The van der Waals surface area contributed by atoms with Gasteiger partial charge in [-0.1, -0.05) is 11.6 Å². The minimum absolute atomic E-state index is 0.127. The molecule has 134 valence electrons. The predicted octanol–water partition coefficient (Wildman–Crippen LogP) is 3.73. The molecular weight excluding hydrogens is 362 g/mol. The fourth-order valence-electron chi connectivity index (χ4n) is 2.84. The van der Waals surface area contributed by atoms with Gasteiger partial charge in [0.15, 0.2) is 5.78 Å². The fraction of sp³-hybridized carbons (Fsp3) is 0.176. The summed E-state index contributed by atoms with van der Waals surface area (Å²) in [6.07, 6.45) is 0. The van der Waals surface area contributed by atoms with E-state index in [9.17, 15) is 19.7 Å². The van der Waals surface area contributed by atoms with Gasteiger partial charge in [0.2, 0.25) is 0 Å². The molecule has 1 aliphatic heterocycles. The highest BCUT2D eigenvalue weighted by molar-refractivity contribution is 6.33. The van der Waals surface area contributed by atoms with E-state index < -0.39 is 17.0 Å². The number of amides is 2. The van der Waals surface area contributed by atoms with Crippen LogP contribution in [0.25, 0.3) is 11.3 Å². The van der Waals surface area contributed by atoms with Crippen molar-refractivity contribution in [1.82, 2.24) is 10.6 Å². The van der Waals surface area contributed by atoms with Gasteiger partial charge in [0, 0.05) is 29.0 Å². The molecule has 26 heavy (non-hydrogen) atoms. The first kappa shape index (κ1) is 17.7. The number of nitro groups is 1. The molecular formula is C17H14ClN3O5. The number of nitrogens with one attached hydrogen (secondary N) is 2. The Balaban J connectivity index is 2.04. The van der Waals surface area contributed by atoms with E-state index in [-0.39, 0.29) is 16.5 Å². The fourth-order valence-corrected chi connectivity index (χ4v) is 3.05. The lowest BCUT2D eigenvalue weighted by molar-refractivity contribution is -0.384. The van der Waals surface area contributed by atoms with Gasteiger partial charge in [-0.15, -0.1) is 0 Å². The SMILES string of the molecule is CC(=O)C1=C(C)NC(=O)N[C@@H]1c1ccc(-c2cc([N+](=O)[O-])ccc2Cl)o1. The largest absolute Gasteiger partial charge is 0.458 e. The zero-order chi connectivity index (χ0) is 19.0. The van der Waals surface area contributed by atoms with Crippen molar-refractivity contribution in [1.29, 1.82) is 0 Å². The van der Waals surface area contributed by atoms with Crippen molar-refractivity contribution in [3.63, 3.8) is 0 Å². The Morgan fingerprint density at radius 1 is 1.31 bits per heavy atom. The number of nitrogens with zero attached hydrogens (tertiary/aromatic N) is 1. The lowest BCUT2D eigenvalue weighted by Gasteiger charge is -2.26. The number of hydrogen-bond acceptors (Lipinski definition) is 5. The number of allylic oxidation sites excluding steroid dienone is 1. The molecule has 0 spiro atoms. The van der Waals surface area contributed by atoms with Gasteiger partial charge < -0.3 is 15.1 Å². The summed E-state index contributed by atoms with van der Waals surface area (Å²) in [5.41, 5.74) is 1.03. The summed E-state index contributed by atoms with van der Waals surface area (Å²) in [4.78, 5) is 34.2. The third-order valence-electron chi connectivity index (χ3n) is 3.99. The van der Waals surface area contributed by atoms with Crippen molar-refractivity contribution in [3.05, 3.63) is 62.5 Å². The van der Waals surface area contributed by atoms with Crippen LogP contribution in [0.2, 0.25) is 5.02 Å². The number of non-ortho nitro benzene ring substituents is 1. The van der Waals surface area contributed by atoms with Gasteiger partial charge in [-0.25, -0.2) is 4.79 Å². The Morgan fingerprint density at radius 2 is 2.04 bits per heavy atom. The van der Waals surface area contributed by atoms with Crippen LogP contribution in [-0.2, 0) is 4.79 Å². The maximum atomic E-state index is 12.0. The zero-order valence-corrected chi connectivity index (χ0v) is 14.6. The molecule has 0 saturated heterocycles. The van der Waals surface area contributed by atoms with Crippen LogP contribution in [0.3, 0.4) is 0 Å². The maximum Gasteiger partial charge on any atom is 0.319 e. The molecule has 1 atom stereocenters. The average Bonchev–Trinajstić information content (AvgIpc) is 3.03. The van der Waals surface area contributed by atoms with E-state index in [1.165, 1.54) is 25.1 Å². The molecule has 0 bridgehead atoms. The summed E-state index contributed by atoms with van der Waals surface area (Å²) in [5.74, 6) is 0.398. The number of halogens is 1. The molecule has 1 aliphatic rings. The minimum atomic E-state index is -0.757. The lowest BCUT2D eigenvalue weighted by Crippen LogP contribution is -2.44. The summed E-state index contributed by atoms with van der Waals surface area (Å²) in [7, 11) is 0. The Morgan fingerprint density at radius 3 is 2.69 bits per heavy atom. The summed E-state index contributed by atoms with van der Waals surface area (Å²) >= 11 is 6.13. The molecule has 2 N–H and O–H groups in total. The first-order chi connectivity index (χ1) is 12.3. The monoisotopic (exact) mass is 375 g/mol. The molecule has 0 aliphatic carbocycles. The standard InChI is InChI=1S/C17H14ClN3O5/c1-8-15(9(2)22)16(20-17(23)19-8)14-6-5-13(26-14)11-7-10(21(24)25)3-4-12(11)18/h3-7,16H,1-2H3,(H2,19,20,23)/t16-/m1/s1. The maximum absolute atomic E-state index is 12.0. The molecule has 0 radical (unpaired) electrons. The topological polar surface area (TPSA) is 114 Å². The van der Waals surface area contributed by atoms with E-state index in [1.807, 2.05) is 0 Å². The molecule has 2 heterocycles. The van der Waals surface area contributed by atoms with Crippen LogP contribution in [0.4, 0.5) is 10.5 Å². The van der Waals surface area contributed by atoms with Crippen LogP contribution in [0, 0.1) is 10.1 Å². The molecule has 1 aromatic heterocycles. The quantitative estimate of drug-likeness (QED) is 0.624. The Bertz CT molecular complexity index is 963. The molecule has 2 amide bonds. The summed E-state index contributed by atoms with van der Waals surface area (Å²) in [6, 6.07) is 5.98. The first-order valence-corrected chi connectivity index (χ1v) is 7.99. The Kier molecular flexibility index (Phi) is 4.52. The Labute approximate surface area is 153 Å². The zero-order valence-electron chi connectivity index (χ0n) is 13.8. The molecule has 0 saturated carbocycles. The molecule has 8 nitrogen and oxygen atoms in total. The van der Waals surface area contributed by atoms with Gasteiger partial charge in [-0.05, 0) is 32.0 Å². The third-order valence-corrected chi connectivity index (χ3v) is 4.32. The molecule has 0 unspecified atom stereocenters. The van der Waals surface area contributed by atoms with Gasteiger partial charge in [-0.2, -0.15) is 0 Å². The number of carbonyl (C=O) groups excluding carboxylic acids is 2. The van der Waals surface area contributed by atoms with Crippen LogP contribution in [0.1, 0.15) is 25.6 Å². The van der Waals surface area contributed by atoms with Crippen LogP contribution in [0.5, 0.6) is 0 Å². The lowest BCUT2D eigenvalue weighted by atomic mass is 9.97. The van der Waals surface area contributed by atoms with Gasteiger partial charge in [0.1, 0.15) is 17.6 Å². The predicted molar refractivity (Wildman–Crippen MR) is 93.6 cm³/mol. The van der Waals surface area contributed by atoms with Crippen LogP contribution in [0.15, 0.2) is 46.0 Å². The van der Waals surface area contributed by atoms with E-state index >= 15 is 0 Å². The molecule has 2 aromatic rings. The van der Waals surface area contributed by atoms with Crippen molar-refractivity contribution < 1.29 is 18.9 Å². The van der Waals surface area contributed by atoms with Gasteiger partial charge in [0.25, 0.3) is 5.69 Å². The van der Waals surface area contributed by atoms with Gasteiger partial charge in [-0.3, -0.25) is 14.9 Å². The number of rotatable bonds is 4. The number of benzene rings is 1. The van der Waals surface area contributed by atoms with Crippen LogP contribution >= 0.6 is 11.6 Å². The number of Topliss-reactive ketones (excluding diaryl/α,β-unsaturated/α-hetero) is 1. The molecule has 3 rings (SSSR count). The number of ketones is 1. The Hall–Kier alpha value is -3.13. The van der Waals surface area contributed by atoms with Gasteiger partial charge >= 0.3 is 6.03 Å². The molecule has 9 heteroatoms. The third kappa shape index (κ3) is 3.18. The number of urea groups is 1. The van der Waals surface area contributed by atoms with Crippen molar-refractivity contribution in [2.24, 2.45) is 0 Å². The summed E-state index contributed by atoms with van der Waals surface area (Å²) in [5, 5.41) is 16.4. The molecule has 1 aromatic carbocycles. The van der Waals surface area contributed by atoms with E-state index in [2.05, 4.69) is 10.6 Å². The van der Waals surface area contributed by atoms with Crippen molar-refractivity contribution in [2.75, 3.05) is 0 Å². The molecule has 0 fully saturated rings. The van der Waals surface area contributed by atoms with Crippen molar-refractivity contribution in [2.45, 2.75) is 19.9 Å². The van der Waals surface area contributed by atoms with Crippen LogP contribution < -0.4 is 10.6 Å². The van der Waals surface area contributed by atoms with E-state index in [1.54, 1.807) is 19.1 Å². The second-order valence-corrected chi connectivity index (χ2v) is 6.16. The minimum Gasteiger partial charge on any atom is -0.458 e. The van der Waals surface area contributed by atoms with E-state index in [0.29, 0.717) is 28.4 Å². The van der Waals surface area contributed by atoms with Crippen LogP contribution in [-0.4, -0.2) is 16.7 Å². The van der Waals surface area contributed by atoms with E-state index in [4.69, 9.17) is 16.0 Å². The van der Waals surface area contributed by atoms with Crippen molar-refractivity contribution in [3.8, 4) is 11.3 Å². The highest BCUT2D eigenvalue weighted by Crippen LogP contribution is 2.36. The number of nitro benzene ring substituents is 1. The number of carbonyl (C=O) groups is 2. The highest BCUT2D eigenvalue weighted by atomic mass is 35.5. The number of furan rings is 1. The highest BCUT2D eigenvalue weighted by Gasteiger charge is 2.31. The first-order valence-electron chi connectivity index (χ1n) is 7.61. The average molecular weight is 376 g/mol.